The number of nitriles is 1. The molecule has 20 heavy (non-hydrogen) atoms. The van der Waals surface area contributed by atoms with Crippen LogP contribution < -0.4 is 5.32 Å². The predicted molar refractivity (Wildman–Crippen MR) is 71.9 cm³/mol. The Morgan fingerprint density at radius 3 is 2.40 bits per heavy atom. The Morgan fingerprint density at radius 2 is 1.90 bits per heavy atom. The summed E-state index contributed by atoms with van der Waals surface area (Å²) >= 11 is 0. The third-order valence-corrected chi connectivity index (χ3v) is 2.73. The molecule has 0 saturated carbocycles. The van der Waals surface area contributed by atoms with Gasteiger partial charge in [0.2, 0.25) is 5.95 Å². The molecular formula is C13H11N5O2. The van der Waals surface area contributed by atoms with Crippen molar-refractivity contribution in [2.45, 2.75) is 13.0 Å². The van der Waals surface area contributed by atoms with Crippen LogP contribution in [0.3, 0.4) is 0 Å². The van der Waals surface area contributed by atoms with E-state index in [0.717, 1.165) is 18.0 Å². The summed E-state index contributed by atoms with van der Waals surface area (Å²) in [7, 11) is 0. The van der Waals surface area contributed by atoms with Crippen LogP contribution in [0.1, 0.15) is 24.1 Å². The number of hydrogen-bond donors (Lipinski definition) is 1. The Balaban J connectivity index is 2.08. The summed E-state index contributed by atoms with van der Waals surface area (Å²) in [5.41, 5.74) is 1.40. The summed E-state index contributed by atoms with van der Waals surface area (Å²) in [6.07, 6.45) is 2.31. The zero-order valence-corrected chi connectivity index (χ0v) is 10.6. The smallest absolute Gasteiger partial charge is 0.305 e. The quantitative estimate of drug-likeness (QED) is 0.675. The van der Waals surface area contributed by atoms with E-state index in [0.29, 0.717) is 11.5 Å². The summed E-state index contributed by atoms with van der Waals surface area (Å²) in [5.74, 6) is 0.312. The first-order valence-corrected chi connectivity index (χ1v) is 5.83. The molecule has 0 aliphatic heterocycles. The van der Waals surface area contributed by atoms with Crippen molar-refractivity contribution in [2.75, 3.05) is 5.32 Å². The van der Waals surface area contributed by atoms with E-state index in [-0.39, 0.29) is 11.7 Å². The fourth-order valence-electron chi connectivity index (χ4n) is 1.61. The van der Waals surface area contributed by atoms with E-state index in [9.17, 15) is 10.1 Å². The lowest BCUT2D eigenvalue weighted by Crippen LogP contribution is -2.09. The number of nitrogens with one attached hydrogen (secondary N) is 1. The SMILES string of the molecule is CC(Nc1ncc([N+](=O)[O-])cn1)c1ccc(C#N)cc1. The van der Waals surface area contributed by atoms with Gasteiger partial charge >= 0.3 is 5.69 Å². The average Bonchev–Trinajstić information content (AvgIpc) is 2.48. The van der Waals surface area contributed by atoms with Crippen LogP contribution >= 0.6 is 0 Å². The van der Waals surface area contributed by atoms with Gasteiger partial charge in [-0.25, -0.2) is 9.97 Å². The summed E-state index contributed by atoms with van der Waals surface area (Å²) in [4.78, 5) is 17.7. The molecule has 1 aromatic heterocycles. The van der Waals surface area contributed by atoms with Crippen molar-refractivity contribution in [3.8, 4) is 6.07 Å². The minimum atomic E-state index is -0.548. The van der Waals surface area contributed by atoms with E-state index in [1.165, 1.54) is 0 Å². The van der Waals surface area contributed by atoms with E-state index in [4.69, 9.17) is 5.26 Å². The summed E-state index contributed by atoms with van der Waals surface area (Å²) in [6.45, 7) is 1.91. The highest BCUT2D eigenvalue weighted by Crippen LogP contribution is 2.18. The lowest BCUT2D eigenvalue weighted by Gasteiger charge is -2.13. The highest BCUT2D eigenvalue weighted by molar-refractivity contribution is 5.37. The van der Waals surface area contributed by atoms with Gasteiger partial charge < -0.3 is 5.32 Å². The van der Waals surface area contributed by atoms with Crippen LogP contribution in [0.15, 0.2) is 36.7 Å². The first-order chi connectivity index (χ1) is 9.60. The summed E-state index contributed by atoms with van der Waals surface area (Å²) < 4.78 is 0. The third kappa shape index (κ3) is 3.05. The highest BCUT2D eigenvalue weighted by atomic mass is 16.6. The van der Waals surface area contributed by atoms with E-state index in [1.807, 2.05) is 19.1 Å². The van der Waals surface area contributed by atoms with Crippen LogP contribution in [-0.2, 0) is 0 Å². The maximum Gasteiger partial charge on any atom is 0.305 e. The van der Waals surface area contributed by atoms with Crippen LogP contribution in [0.25, 0.3) is 0 Å². The lowest BCUT2D eigenvalue weighted by molar-refractivity contribution is -0.385. The van der Waals surface area contributed by atoms with Crippen molar-refractivity contribution in [1.29, 1.82) is 5.26 Å². The predicted octanol–water partition coefficient (Wildman–Crippen LogP) is 2.43. The Labute approximate surface area is 115 Å². The molecule has 1 unspecified atom stereocenters. The van der Waals surface area contributed by atoms with Gasteiger partial charge in [-0.05, 0) is 24.6 Å². The van der Waals surface area contributed by atoms with Gasteiger partial charge in [0.1, 0.15) is 12.4 Å². The average molecular weight is 269 g/mol. The zero-order chi connectivity index (χ0) is 14.5. The Bertz CT molecular complexity index is 646. The first kappa shape index (κ1) is 13.4. The minimum absolute atomic E-state index is 0.0794. The number of rotatable bonds is 4. The Hall–Kier alpha value is -3.01. The molecule has 1 heterocycles. The minimum Gasteiger partial charge on any atom is -0.348 e. The van der Waals surface area contributed by atoms with Crippen molar-refractivity contribution in [1.82, 2.24) is 9.97 Å². The number of benzene rings is 1. The molecule has 0 bridgehead atoms. The summed E-state index contributed by atoms with van der Waals surface area (Å²) in [6, 6.07) is 9.09. The molecule has 100 valence electrons. The summed E-state index contributed by atoms with van der Waals surface area (Å²) in [5, 5.41) is 22.3. The molecule has 0 radical (unpaired) electrons. The second-order valence-electron chi connectivity index (χ2n) is 4.12. The van der Waals surface area contributed by atoms with Gasteiger partial charge in [0.05, 0.1) is 22.6 Å². The van der Waals surface area contributed by atoms with Gasteiger partial charge in [0.15, 0.2) is 0 Å². The van der Waals surface area contributed by atoms with Crippen LogP contribution in [0, 0.1) is 21.4 Å². The molecule has 0 aliphatic carbocycles. The van der Waals surface area contributed by atoms with Crippen LogP contribution in [-0.4, -0.2) is 14.9 Å². The number of aromatic nitrogens is 2. The number of nitro groups is 1. The fourth-order valence-corrected chi connectivity index (χ4v) is 1.61. The third-order valence-electron chi connectivity index (χ3n) is 2.73. The second-order valence-corrected chi connectivity index (χ2v) is 4.12. The van der Waals surface area contributed by atoms with Crippen LogP contribution in [0.4, 0.5) is 11.6 Å². The van der Waals surface area contributed by atoms with Crippen LogP contribution in [0.5, 0.6) is 0 Å². The molecule has 1 aromatic carbocycles. The second kappa shape index (κ2) is 5.75. The number of hydrogen-bond acceptors (Lipinski definition) is 6. The molecule has 0 spiro atoms. The molecule has 0 aliphatic rings. The van der Waals surface area contributed by atoms with Crippen molar-refractivity contribution < 1.29 is 4.92 Å². The largest absolute Gasteiger partial charge is 0.348 e. The molecule has 0 saturated heterocycles. The van der Waals surface area contributed by atoms with Gasteiger partial charge in [-0.2, -0.15) is 5.26 Å². The van der Waals surface area contributed by atoms with Gasteiger partial charge in [-0.3, -0.25) is 10.1 Å². The van der Waals surface area contributed by atoms with Crippen molar-refractivity contribution >= 4 is 11.6 Å². The van der Waals surface area contributed by atoms with Crippen molar-refractivity contribution in [3.63, 3.8) is 0 Å². The number of nitrogens with zero attached hydrogens (tertiary/aromatic N) is 4. The van der Waals surface area contributed by atoms with Crippen molar-refractivity contribution in [2.24, 2.45) is 0 Å². The van der Waals surface area contributed by atoms with E-state index < -0.39 is 4.92 Å². The molecule has 2 aromatic rings. The normalized spacial score (nSPS) is 11.4. The molecular weight excluding hydrogens is 258 g/mol. The van der Waals surface area contributed by atoms with Gasteiger partial charge in [-0.1, -0.05) is 12.1 Å². The highest BCUT2D eigenvalue weighted by Gasteiger charge is 2.10. The number of anilines is 1. The topological polar surface area (TPSA) is 105 Å². The Morgan fingerprint density at radius 1 is 1.30 bits per heavy atom. The van der Waals surface area contributed by atoms with Gasteiger partial charge in [0, 0.05) is 0 Å². The van der Waals surface area contributed by atoms with Gasteiger partial charge in [-0.15, -0.1) is 0 Å². The molecule has 2 rings (SSSR count). The molecule has 0 fully saturated rings. The van der Waals surface area contributed by atoms with E-state index in [2.05, 4.69) is 21.4 Å². The van der Waals surface area contributed by atoms with Crippen LogP contribution in [0.2, 0.25) is 0 Å². The molecule has 0 amide bonds. The van der Waals surface area contributed by atoms with Gasteiger partial charge in [0.25, 0.3) is 0 Å². The molecule has 7 nitrogen and oxygen atoms in total. The standard InChI is InChI=1S/C13H11N5O2/c1-9(11-4-2-10(6-14)3-5-11)17-13-15-7-12(8-16-13)18(19)20/h2-5,7-9H,1H3,(H,15,16,17). The monoisotopic (exact) mass is 269 g/mol. The molecule has 7 heteroatoms. The molecule has 1 atom stereocenters. The van der Waals surface area contributed by atoms with E-state index in [1.54, 1.807) is 12.1 Å². The zero-order valence-electron chi connectivity index (χ0n) is 10.6. The lowest BCUT2D eigenvalue weighted by atomic mass is 10.1. The first-order valence-electron chi connectivity index (χ1n) is 5.83. The fraction of sp³-hybridized carbons (Fsp3) is 0.154. The van der Waals surface area contributed by atoms with Crippen molar-refractivity contribution in [3.05, 3.63) is 57.9 Å². The maximum atomic E-state index is 10.5. The molecule has 1 N–H and O–H groups in total. The van der Waals surface area contributed by atoms with E-state index >= 15 is 0 Å². The Kier molecular flexibility index (Phi) is 3.86. The maximum absolute atomic E-state index is 10.5.